The third-order valence-electron chi connectivity index (χ3n) is 2.67. The molecule has 5 nitrogen and oxygen atoms in total. The molecule has 2 aromatic rings. The second-order valence-corrected chi connectivity index (χ2v) is 6.02. The zero-order valence-electron chi connectivity index (χ0n) is 10.0. The van der Waals surface area contributed by atoms with Gasteiger partial charge in [0.25, 0.3) is 5.56 Å². The zero-order chi connectivity index (χ0) is 14.0. The van der Waals surface area contributed by atoms with Crippen LogP contribution in [0.1, 0.15) is 5.56 Å². The van der Waals surface area contributed by atoms with Crippen molar-refractivity contribution in [2.24, 2.45) is 0 Å². The predicted molar refractivity (Wildman–Crippen MR) is 70.3 cm³/mol. The summed E-state index contributed by atoms with van der Waals surface area (Å²) in [6, 6.07) is 9.51. The molecule has 19 heavy (non-hydrogen) atoms. The van der Waals surface area contributed by atoms with Crippen molar-refractivity contribution >= 4 is 9.84 Å². The summed E-state index contributed by atoms with van der Waals surface area (Å²) in [6.45, 7) is 0. The van der Waals surface area contributed by atoms with Crippen LogP contribution in [0, 0.1) is 11.3 Å². The maximum absolute atomic E-state index is 11.5. The minimum Gasteiger partial charge on any atom is -0.328 e. The van der Waals surface area contributed by atoms with Gasteiger partial charge in [0.05, 0.1) is 4.90 Å². The van der Waals surface area contributed by atoms with E-state index in [0.717, 1.165) is 6.26 Å². The first-order chi connectivity index (χ1) is 8.93. The Morgan fingerprint density at radius 1 is 1.16 bits per heavy atom. The van der Waals surface area contributed by atoms with Crippen molar-refractivity contribution in [3.05, 3.63) is 52.4 Å². The number of sulfone groups is 1. The summed E-state index contributed by atoms with van der Waals surface area (Å²) in [5.41, 5.74) is 0.642. The van der Waals surface area contributed by atoms with Gasteiger partial charge in [-0.2, -0.15) is 5.26 Å². The molecule has 0 unspecified atom stereocenters. The Kier molecular flexibility index (Phi) is 3.23. The predicted octanol–water partition coefficient (Wildman–Crippen LogP) is 1.32. The van der Waals surface area contributed by atoms with Crippen LogP contribution in [-0.2, 0) is 9.84 Å². The number of nitrogens with zero attached hydrogens (tertiary/aromatic N) is 1. The standard InChI is InChI=1S/C13H10N2O3S/c1-19(17,18)10-4-2-9(3-5-10)11-6-7-15-13(16)12(11)8-14/h2-7H,1H3,(H,15,16). The van der Waals surface area contributed by atoms with E-state index in [9.17, 15) is 13.2 Å². The monoisotopic (exact) mass is 274 g/mol. The minimum atomic E-state index is -3.26. The number of hydrogen-bond donors (Lipinski definition) is 1. The lowest BCUT2D eigenvalue weighted by Crippen LogP contribution is -2.10. The number of H-pyrrole nitrogens is 1. The Hall–Kier alpha value is -2.39. The van der Waals surface area contributed by atoms with Crippen LogP contribution in [0.2, 0.25) is 0 Å². The highest BCUT2D eigenvalue weighted by Gasteiger charge is 2.10. The van der Waals surface area contributed by atoms with Gasteiger partial charge in [-0.3, -0.25) is 4.79 Å². The second-order valence-electron chi connectivity index (χ2n) is 4.00. The van der Waals surface area contributed by atoms with Crippen molar-refractivity contribution in [2.75, 3.05) is 6.26 Å². The lowest BCUT2D eigenvalue weighted by molar-refractivity contribution is 0.602. The van der Waals surface area contributed by atoms with Crippen LogP contribution < -0.4 is 5.56 Å². The maximum atomic E-state index is 11.5. The molecule has 0 saturated carbocycles. The van der Waals surface area contributed by atoms with Gasteiger partial charge in [-0.15, -0.1) is 0 Å². The molecule has 0 bridgehead atoms. The summed E-state index contributed by atoms with van der Waals surface area (Å²) < 4.78 is 22.7. The number of nitrogens with one attached hydrogen (secondary N) is 1. The van der Waals surface area contributed by atoms with Crippen LogP contribution in [0.4, 0.5) is 0 Å². The highest BCUT2D eigenvalue weighted by Crippen LogP contribution is 2.22. The first-order valence-corrected chi connectivity index (χ1v) is 7.25. The Bertz CT molecular complexity index is 812. The molecular formula is C13H10N2O3S. The van der Waals surface area contributed by atoms with Crippen LogP contribution in [0.5, 0.6) is 0 Å². The molecule has 0 atom stereocenters. The first kappa shape index (κ1) is 13.1. The van der Waals surface area contributed by atoms with E-state index in [4.69, 9.17) is 5.26 Å². The van der Waals surface area contributed by atoms with Crippen LogP contribution >= 0.6 is 0 Å². The fourth-order valence-corrected chi connectivity index (χ4v) is 2.34. The van der Waals surface area contributed by atoms with Crippen molar-refractivity contribution in [2.45, 2.75) is 4.90 Å². The average molecular weight is 274 g/mol. The maximum Gasteiger partial charge on any atom is 0.266 e. The zero-order valence-corrected chi connectivity index (χ0v) is 10.9. The number of pyridine rings is 1. The quantitative estimate of drug-likeness (QED) is 0.894. The first-order valence-electron chi connectivity index (χ1n) is 5.36. The smallest absolute Gasteiger partial charge is 0.266 e. The van der Waals surface area contributed by atoms with Gasteiger partial charge in [0, 0.05) is 18.0 Å². The molecule has 0 saturated heterocycles. The number of rotatable bonds is 2. The highest BCUT2D eigenvalue weighted by molar-refractivity contribution is 7.90. The van der Waals surface area contributed by atoms with Gasteiger partial charge in [0.2, 0.25) is 0 Å². The molecule has 1 aromatic carbocycles. The summed E-state index contributed by atoms with van der Waals surface area (Å²) in [5.74, 6) is 0. The molecule has 1 N–H and O–H groups in total. The molecule has 0 aliphatic heterocycles. The molecule has 0 radical (unpaired) electrons. The third-order valence-corrected chi connectivity index (χ3v) is 3.79. The fourth-order valence-electron chi connectivity index (χ4n) is 1.71. The number of hydrogen-bond acceptors (Lipinski definition) is 4. The number of aromatic amines is 1. The Morgan fingerprint density at radius 3 is 2.32 bits per heavy atom. The summed E-state index contributed by atoms with van der Waals surface area (Å²) >= 11 is 0. The van der Waals surface area contributed by atoms with E-state index in [-0.39, 0.29) is 10.5 Å². The van der Waals surface area contributed by atoms with E-state index in [2.05, 4.69) is 4.98 Å². The van der Waals surface area contributed by atoms with Crippen molar-refractivity contribution in [3.8, 4) is 17.2 Å². The number of aromatic nitrogens is 1. The molecule has 1 heterocycles. The molecule has 1 aromatic heterocycles. The van der Waals surface area contributed by atoms with E-state index in [1.54, 1.807) is 18.2 Å². The Balaban J connectivity index is 2.59. The van der Waals surface area contributed by atoms with Crippen molar-refractivity contribution < 1.29 is 8.42 Å². The lowest BCUT2D eigenvalue weighted by atomic mass is 10.0. The number of nitriles is 1. The van der Waals surface area contributed by atoms with Gasteiger partial charge < -0.3 is 4.98 Å². The van der Waals surface area contributed by atoms with Crippen molar-refractivity contribution in [3.63, 3.8) is 0 Å². The van der Waals surface area contributed by atoms with Crippen LogP contribution in [0.25, 0.3) is 11.1 Å². The van der Waals surface area contributed by atoms with Gasteiger partial charge in [-0.05, 0) is 23.8 Å². The topological polar surface area (TPSA) is 90.8 Å². The summed E-state index contributed by atoms with van der Waals surface area (Å²) in [6.07, 6.45) is 2.57. The highest BCUT2D eigenvalue weighted by atomic mass is 32.2. The Morgan fingerprint density at radius 2 is 1.79 bits per heavy atom. The normalized spacial score (nSPS) is 10.9. The van der Waals surface area contributed by atoms with Gasteiger partial charge in [0.15, 0.2) is 9.84 Å². The number of benzene rings is 1. The minimum absolute atomic E-state index is 0.00889. The second kappa shape index (κ2) is 4.71. The molecule has 2 rings (SSSR count). The van der Waals surface area contributed by atoms with Gasteiger partial charge in [-0.25, -0.2) is 8.42 Å². The van der Waals surface area contributed by atoms with E-state index < -0.39 is 15.4 Å². The molecular weight excluding hydrogens is 264 g/mol. The molecule has 6 heteroatoms. The SMILES string of the molecule is CS(=O)(=O)c1ccc(-c2cc[nH]c(=O)c2C#N)cc1. The fraction of sp³-hybridized carbons (Fsp3) is 0.0769. The van der Waals surface area contributed by atoms with E-state index in [1.165, 1.54) is 18.3 Å². The summed E-state index contributed by atoms with van der Waals surface area (Å²) in [4.78, 5) is 14.1. The van der Waals surface area contributed by atoms with E-state index in [1.807, 2.05) is 6.07 Å². The van der Waals surface area contributed by atoms with Crippen molar-refractivity contribution in [1.82, 2.24) is 4.98 Å². The molecule has 96 valence electrons. The van der Waals surface area contributed by atoms with E-state index in [0.29, 0.717) is 11.1 Å². The van der Waals surface area contributed by atoms with Crippen LogP contribution in [0.3, 0.4) is 0 Å². The molecule has 0 fully saturated rings. The Labute approximate surface area is 110 Å². The lowest BCUT2D eigenvalue weighted by Gasteiger charge is -2.04. The largest absolute Gasteiger partial charge is 0.328 e. The molecule has 0 amide bonds. The molecule has 0 spiro atoms. The third kappa shape index (κ3) is 2.56. The van der Waals surface area contributed by atoms with Gasteiger partial charge in [0.1, 0.15) is 11.6 Å². The molecule has 0 aliphatic rings. The van der Waals surface area contributed by atoms with Crippen LogP contribution in [0.15, 0.2) is 46.2 Å². The van der Waals surface area contributed by atoms with E-state index >= 15 is 0 Å². The molecule has 0 aliphatic carbocycles. The van der Waals surface area contributed by atoms with Crippen LogP contribution in [-0.4, -0.2) is 19.7 Å². The van der Waals surface area contributed by atoms with Crippen molar-refractivity contribution in [1.29, 1.82) is 5.26 Å². The summed E-state index contributed by atoms with van der Waals surface area (Å²) in [7, 11) is -3.26. The summed E-state index contributed by atoms with van der Waals surface area (Å²) in [5, 5.41) is 8.98. The van der Waals surface area contributed by atoms with Gasteiger partial charge in [-0.1, -0.05) is 12.1 Å². The average Bonchev–Trinajstić information content (AvgIpc) is 2.37. The van der Waals surface area contributed by atoms with Gasteiger partial charge >= 0.3 is 0 Å².